The number of nitrogens with two attached hydrogens (primary N) is 1. The van der Waals surface area contributed by atoms with Gasteiger partial charge in [0, 0.05) is 26.2 Å². The maximum absolute atomic E-state index is 12.7. The molecule has 7 heteroatoms. The lowest BCUT2D eigenvalue weighted by atomic mass is 10.2. The Bertz CT molecular complexity index is 472. The number of hydrogen-bond acceptors (Lipinski definition) is 6. The van der Waals surface area contributed by atoms with Crippen LogP contribution in [0.2, 0.25) is 0 Å². The van der Waals surface area contributed by atoms with Crippen LogP contribution in [0.5, 0.6) is 0 Å². The first kappa shape index (κ1) is 16.0. The van der Waals surface area contributed by atoms with E-state index in [0.717, 1.165) is 12.8 Å². The van der Waals surface area contributed by atoms with Crippen LogP contribution in [-0.2, 0) is 4.74 Å². The molecule has 21 heavy (non-hydrogen) atoms. The third-order valence-corrected chi connectivity index (χ3v) is 4.81. The number of nitrogen functional groups attached to an aromatic ring is 1. The van der Waals surface area contributed by atoms with Crippen LogP contribution in [0.1, 0.15) is 42.3 Å². The summed E-state index contributed by atoms with van der Waals surface area (Å²) in [6.45, 7) is 3.97. The molecule has 0 atom stereocenters. The lowest BCUT2D eigenvalue weighted by Gasteiger charge is -2.27. The van der Waals surface area contributed by atoms with Gasteiger partial charge in [0.05, 0.1) is 6.61 Å². The molecular weight excluding hydrogens is 288 g/mol. The highest BCUT2D eigenvalue weighted by atomic mass is 32.1. The molecule has 1 aliphatic carbocycles. The first-order valence-electron chi connectivity index (χ1n) is 7.47. The number of carbonyl (C=O) groups excluding carboxylic acids is 1. The number of amides is 1. The van der Waals surface area contributed by atoms with Gasteiger partial charge in [0.25, 0.3) is 5.91 Å². The lowest BCUT2D eigenvalue weighted by molar-refractivity contribution is 0.0699. The van der Waals surface area contributed by atoms with Gasteiger partial charge >= 0.3 is 0 Å². The fourth-order valence-corrected chi connectivity index (χ4v) is 3.60. The Morgan fingerprint density at radius 3 is 2.86 bits per heavy atom. The van der Waals surface area contributed by atoms with Crippen molar-refractivity contribution in [2.24, 2.45) is 0 Å². The highest BCUT2D eigenvalue weighted by molar-refractivity contribution is 7.18. The Morgan fingerprint density at radius 1 is 1.52 bits per heavy atom. The van der Waals surface area contributed by atoms with Crippen molar-refractivity contribution in [1.82, 2.24) is 9.88 Å². The smallest absolute Gasteiger partial charge is 0.268 e. The maximum atomic E-state index is 12.7. The summed E-state index contributed by atoms with van der Waals surface area (Å²) in [7, 11) is 1.65. The van der Waals surface area contributed by atoms with Crippen molar-refractivity contribution >= 4 is 28.2 Å². The molecule has 1 amide bonds. The van der Waals surface area contributed by atoms with Gasteiger partial charge in [-0.1, -0.05) is 24.2 Å². The van der Waals surface area contributed by atoms with E-state index >= 15 is 0 Å². The SMILES string of the molecule is CCN(C(=O)c1sc(NCCOC)nc1N)C1CCCC1. The second-order valence-electron chi connectivity index (χ2n) is 5.18. The van der Waals surface area contributed by atoms with Crippen molar-refractivity contribution in [3.05, 3.63) is 4.88 Å². The molecule has 0 radical (unpaired) electrons. The molecule has 0 aliphatic heterocycles. The highest BCUT2D eigenvalue weighted by Crippen LogP contribution is 2.30. The fourth-order valence-electron chi connectivity index (χ4n) is 2.73. The number of aromatic nitrogens is 1. The van der Waals surface area contributed by atoms with E-state index in [-0.39, 0.29) is 5.91 Å². The standard InChI is InChI=1S/C14H24N4O2S/c1-3-18(10-6-4-5-7-10)13(19)11-12(15)17-14(21-11)16-8-9-20-2/h10H,3-9,15H2,1-2H3,(H,16,17). The van der Waals surface area contributed by atoms with Gasteiger partial charge in [-0.05, 0) is 19.8 Å². The topological polar surface area (TPSA) is 80.5 Å². The van der Waals surface area contributed by atoms with Crippen LogP contribution in [0.15, 0.2) is 0 Å². The fraction of sp³-hybridized carbons (Fsp3) is 0.714. The minimum atomic E-state index is 0.0131. The molecule has 1 aromatic heterocycles. The molecule has 118 valence electrons. The van der Waals surface area contributed by atoms with Crippen LogP contribution in [-0.4, -0.2) is 48.6 Å². The van der Waals surface area contributed by atoms with E-state index in [9.17, 15) is 4.79 Å². The molecule has 3 N–H and O–H groups in total. The summed E-state index contributed by atoms with van der Waals surface area (Å²) >= 11 is 1.33. The van der Waals surface area contributed by atoms with Gasteiger partial charge in [-0.15, -0.1) is 0 Å². The molecular formula is C14H24N4O2S. The number of hydrogen-bond donors (Lipinski definition) is 2. The van der Waals surface area contributed by atoms with E-state index in [4.69, 9.17) is 10.5 Å². The summed E-state index contributed by atoms with van der Waals surface area (Å²) in [5.41, 5.74) is 5.92. The summed E-state index contributed by atoms with van der Waals surface area (Å²) < 4.78 is 4.98. The van der Waals surface area contributed by atoms with Crippen molar-refractivity contribution in [1.29, 1.82) is 0 Å². The minimum absolute atomic E-state index is 0.0131. The summed E-state index contributed by atoms with van der Waals surface area (Å²) in [6.07, 6.45) is 4.60. The van der Waals surface area contributed by atoms with Crippen LogP contribution in [0, 0.1) is 0 Å². The molecule has 1 aliphatic rings. The number of carbonyl (C=O) groups is 1. The van der Waals surface area contributed by atoms with Gasteiger partial charge < -0.3 is 20.7 Å². The molecule has 6 nitrogen and oxygen atoms in total. The molecule has 1 heterocycles. The number of anilines is 2. The van der Waals surface area contributed by atoms with E-state index in [1.165, 1.54) is 24.2 Å². The Balaban J connectivity index is 2.06. The Labute approximate surface area is 129 Å². The predicted octanol–water partition coefficient (Wildman–Crippen LogP) is 2.19. The Kier molecular flexibility index (Phi) is 5.81. The monoisotopic (exact) mass is 312 g/mol. The summed E-state index contributed by atoms with van der Waals surface area (Å²) in [4.78, 5) is 19.4. The normalized spacial score (nSPS) is 15.3. The molecule has 2 rings (SSSR count). The van der Waals surface area contributed by atoms with Gasteiger partial charge in [0.2, 0.25) is 0 Å². The molecule has 1 aromatic rings. The quantitative estimate of drug-likeness (QED) is 0.754. The van der Waals surface area contributed by atoms with Crippen molar-refractivity contribution in [2.45, 2.75) is 38.6 Å². The summed E-state index contributed by atoms with van der Waals surface area (Å²) in [5, 5.41) is 3.80. The number of rotatable bonds is 7. The highest BCUT2D eigenvalue weighted by Gasteiger charge is 2.28. The summed E-state index contributed by atoms with van der Waals surface area (Å²) in [6, 6.07) is 0.355. The molecule has 0 spiro atoms. The molecule has 0 unspecified atom stereocenters. The minimum Gasteiger partial charge on any atom is -0.383 e. The average molecular weight is 312 g/mol. The zero-order valence-electron chi connectivity index (χ0n) is 12.7. The Morgan fingerprint density at radius 2 is 2.24 bits per heavy atom. The first-order chi connectivity index (χ1) is 10.2. The van der Waals surface area contributed by atoms with Crippen molar-refractivity contribution in [2.75, 3.05) is 37.9 Å². The number of nitrogens with one attached hydrogen (secondary N) is 1. The number of methoxy groups -OCH3 is 1. The van der Waals surface area contributed by atoms with Gasteiger partial charge in [-0.2, -0.15) is 0 Å². The third-order valence-electron chi connectivity index (χ3n) is 3.80. The van der Waals surface area contributed by atoms with E-state index < -0.39 is 0 Å². The van der Waals surface area contributed by atoms with Crippen LogP contribution < -0.4 is 11.1 Å². The average Bonchev–Trinajstić information content (AvgIpc) is 3.10. The maximum Gasteiger partial charge on any atom is 0.268 e. The molecule has 0 aromatic carbocycles. The third kappa shape index (κ3) is 3.85. The second-order valence-corrected chi connectivity index (χ2v) is 6.18. The van der Waals surface area contributed by atoms with Gasteiger partial charge in [-0.25, -0.2) is 4.98 Å². The second kappa shape index (κ2) is 7.61. The van der Waals surface area contributed by atoms with Crippen molar-refractivity contribution < 1.29 is 9.53 Å². The lowest BCUT2D eigenvalue weighted by Crippen LogP contribution is -2.38. The van der Waals surface area contributed by atoms with E-state index in [1.807, 2.05) is 11.8 Å². The predicted molar refractivity (Wildman–Crippen MR) is 85.9 cm³/mol. The molecule has 0 bridgehead atoms. The number of nitrogens with zero attached hydrogens (tertiary/aromatic N) is 2. The van der Waals surface area contributed by atoms with Crippen molar-refractivity contribution in [3.8, 4) is 0 Å². The van der Waals surface area contributed by atoms with Gasteiger partial charge in [0.15, 0.2) is 5.13 Å². The van der Waals surface area contributed by atoms with Crippen LogP contribution in [0.3, 0.4) is 0 Å². The Hall–Kier alpha value is -1.34. The van der Waals surface area contributed by atoms with Crippen LogP contribution >= 0.6 is 11.3 Å². The molecule has 0 saturated heterocycles. The van der Waals surface area contributed by atoms with Gasteiger partial charge in [0.1, 0.15) is 10.7 Å². The zero-order valence-corrected chi connectivity index (χ0v) is 13.5. The first-order valence-corrected chi connectivity index (χ1v) is 8.29. The largest absolute Gasteiger partial charge is 0.383 e. The molecule has 1 fully saturated rings. The van der Waals surface area contributed by atoms with Crippen molar-refractivity contribution in [3.63, 3.8) is 0 Å². The number of ether oxygens (including phenoxy) is 1. The van der Waals surface area contributed by atoms with Crippen LogP contribution in [0.4, 0.5) is 10.9 Å². The number of thiazole rings is 1. The van der Waals surface area contributed by atoms with E-state index in [1.54, 1.807) is 7.11 Å². The zero-order chi connectivity index (χ0) is 15.2. The van der Waals surface area contributed by atoms with E-state index in [0.29, 0.717) is 41.6 Å². The van der Waals surface area contributed by atoms with Crippen LogP contribution in [0.25, 0.3) is 0 Å². The summed E-state index contributed by atoms with van der Waals surface area (Å²) in [5.74, 6) is 0.334. The van der Waals surface area contributed by atoms with Gasteiger partial charge in [-0.3, -0.25) is 4.79 Å². The van der Waals surface area contributed by atoms with E-state index in [2.05, 4.69) is 10.3 Å². The molecule has 1 saturated carbocycles.